The van der Waals surface area contributed by atoms with Gasteiger partial charge in [-0.25, -0.2) is 4.39 Å². The minimum Gasteiger partial charge on any atom is -0.485 e. The highest BCUT2D eigenvalue weighted by atomic mass is 18.2. The van der Waals surface area contributed by atoms with Crippen molar-refractivity contribution in [3.63, 3.8) is 0 Å². The molecule has 1 aromatic rings. The van der Waals surface area contributed by atoms with Gasteiger partial charge in [-0.3, -0.25) is 9.59 Å². The lowest BCUT2D eigenvalue weighted by molar-refractivity contribution is -0.143. The van der Waals surface area contributed by atoms with Gasteiger partial charge in [-0.2, -0.15) is 0 Å². The molecule has 5 N–H and O–H groups in total. The molecule has 0 radical (unpaired) electrons. The van der Waals surface area contributed by atoms with Crippen LogP contribution in [0.1, 0.15) is 12.0 Å². The van der Waals surface area contributed by atoms with Gasteiger partial charge in [0.25, 0.3) is 0 Å². The Bertz CT molecular complexity index is 517. The Morgan fingerprint density at radius 3 is 2.22 bits per heavy atom. The summed E-state index contributed by atoms with van der Waals surface area (Å²) in [5, 5.41) is 26.8. The maximum atomic E-state index is 12.5. The third-order valence-electron chi connectivity index (χ3n) is 3.29. The molecule has 0 saturated heterocycles. The summed E-state index contributed by atoms with van der Waals surface area (Å²) in [4.78, 5) is 21.9. The van der Waals surface area contributed by atoms with Crippen molar-refractivity contribution >= 4 is 11.9 Å². The number of rotatable bonds is 10. The fraction of sp³-hybridized carbons (Fsp3) is 0.467. The molecule has 8 heteroatoms. The number of aliphatic hydroxyl groups excluding tert-OH is 1. The zero-order valence-corrected chi connectivity index (χ0v) is 12.4. The Kier molecular flexibility index (Phi) is 7.43. The Morgan fingerprint density at radius 2 is 1.78 bits per heavy atom. The lowest BCUT2D eigenvalue weighted by atomic mass is 9.93. The van der Waals surface area contributed by atoms with E-state index in [-0.39, 0.29) is 12.8 Å². The molecule has 1 rings (SSSR count). The number of aliphatic hydroxyl groups is 1. The van der Waals surface area contributed by atoms with E-state index in [9.17, 15) is 14.0 Å². The second-order valence-corrected chi connectivity index (χ2v) is 5.14. The van der Waals surface area contributed by atoms with Crippen LogP contribution in [0.2, 0.25) is 0 Å². The first-order valence-corrected chi connectivity index (χ1v) is 7.01. The highest BCUT2D eigenvalue weighted by Gasteiger charge is 2.24. The van der Waals surface area contributed by atoms with E-state index in [4.69, 9.17) is 25.8 Å². The van der Waals surface area contributed by atoms with Gasteiger partial charge in [-0.05, 0) is 30.5 Å². The number of alkyl halides is 1. The summed E-state index contributed by atoms with van der Waals surface area (Å²) in [6.07, 6.45) is -1.01. The van der Waals surface area contributed by atoms with Crippen LogP contribution in [-0.4, -0.2) is 52.7 Å². The van der Waals surface area contributed by atoms with Crippen LogP contribution in [-0.2, 0) is 16.0 Å². The zero-order chi connectivity index (χ0) is 17.4. The van der Waals surface area contributed by atoms with Crippen LogP contribution in [0.15, 0.2) is 24.3 Å². The molecule has 1 aromatic carbocycles. The minimum atomic E-state index is -1.25. The molecule has 0 aliphatic carbocycles. The van der Waals surface area contributed by atoms with E-state index >= 15 is 0 Å². The largest absolute Gasteiger partial charge is 0.485 e. The maximum absolute atomic E-state index is 12.5. The molecule has 0 bridgehead atoms. The van der Waals surface area contributed by atoms with Crippen LogP contribution >= 0.6 is 0 Å². The third kappa shape index (κ3) is 6.21. The molecule has 0 aliphatic heterocycles. The van der Waals surface area contributed by atoms with E-state index in [1.165, 1.54) is 12.1 Å². The van der Waals surface area contributed by atoms with Crippen molar-refractivity contribution in [1.29, 1.82) is 0 Å². The van der Waals surface area contributed by atoms with Crippen LogP contribution in [0.4, 0.5) is 4.39 Å². The quantitative estimate of drug-likeness (QED) is 0.490. The number of halogens is 1. The average Bonchev–Trinajstić information content (AvgIpc) is 2.53. The number of carboxylic acid groups (broad SMARTS) is 2. The number of benzene rings is 1. The van der Waals surface area contributed by atoms with Crippen molar-refractivity contribution in [1.82, 2.24) is 0 Å². The highest BCUT2D eigenvalue weighted by molar-refractivity contribution is 5.76. The van der Waals surface area contributed by atoms with Gasteiger partial charge in [-0.1, -0.05) is 12.1 Å². The number of carbonyl (C=O) groups is 2. The Balaban J connectivity index is 2.70. The SMILES string of the molecule is N[C@@H](CC(Cc1ccc(OC(CO)C[18F])cc1)C(=O)O)C(=O)O. The van der Waals surface area contributed by atoms with Gasteiger partial charge in [0.15, 0.2) is 0 Å². The molecule has 0 fully saturated rings. The Morgan fingerprint density at radius 1 is 1.17 bits per heavy atom. The Labute approximate surface area is 132 Å². The van der Waals surface area contributed by atoms with Crippen LogP contribution in [0.3, 0.4) is 0 Å². The number of nitrogens with two attached hydrogens (primary N) is 1. The van der Waals surface area contributed by atoms with Gasteiger partial charge in [0, 0.05) is 0 Å². The molecule has 3 atom stereocenters. The van der Waals surface area contributed by atoms with Crippen LogP contribution in [0.5, 0.6) is 5.75 Å². The van der Waals surface area contributed by atoms with Gasteiger partial charge in [0.2, 0.25) is 0 Å². The van der Waals surface area contributed by atoms with Crippen LogP contribution < -0.4 is 10.5 Å². The topological polar surface area (TPSA) is 130 Å². The van der Waals surface area contributed by atoms with E-state index in [0.29, 0.717) is 11.3 Å². The summed E-state index contributed by atoms with van der Waals surface area (Å²) < 4.78 is 17.6. The molecule has 23 heavy (non-hydrogen) atoms. The van der Waals surface area contributed by atoms with Crippen molar-refractivity contribution < 1.29 is 34.0 Å². The maximum Gasteiger partial charge on any atom is 0.320 e. The molecule has 0 aliphatic rings. The molecular weight excluding hydrogens is 308 g/mol. The van der Waals surface area contributed by atoms with Gasteiger partial charge in [-0.15, -0.1) is 0 Å². The summed E-state index contributed by atoms with van der Waals surface area (Å²) in [5.74, 6) is -2.95. The summed E-state index contributed by atoms with van der Waals surface area (Å²) in [6.45, 7) is -1.28. The van der Waals surface area contributed by atoms with E-state index in [1.807, 2.05) is 0 Å². The van der Waals surface area contributed by atoms with Gasteiger partial charge in [0.05, 0.1) is 12.5 Å². The zero-order valence-electron chi connectivity index (χ0n) is 12.4. The van der Waals surface area contributed by atoms with E-state index < -0.39 is 43.3 Å². The van der Waals surface area contributed by atoms with E-state index in [2.05, 4.69) is 0 Å². The monoisotopic (exact) mass is 328 g/mol. The smallest absolute Gasteiger partial charge is 0.320 e. The fourth-order valence-corrected chi connectivity index (χ4v) is 1.98. The average molecular weight is 328 g/mol. The van der Waals surface area contributed by atoms with Crippen LogP contribution in [0.25, 0.3) is 0 Å². The summed E-state index contributed by atoms with van der Waals surface area (Å²) in [6, 6.07) is 5.02. The second-order valence-electron chi connectivity index (χ2n) is 5.14. The number of aliphatic carboxylic acids is 2. The third-order valence-corrected chi connectivity index (χ3v) is 3.29. The molecule has 0 saturated carbocycles. The fourth-order valence-electron chi connectivity index (χ4n) is 1.98. The molecule has 128 valence electrons. The normalized spacial score (nSPS) is 14.7. The molecular formula is C15H20FNO6. The molecule has 2 unspecified atom stereocenters. The first-order valence-electron chi connectivity index (χ1n) is 7.01. The summed E-state index contributed by atoms with van der Waals surface area (Å²) >= 11 is 0. The van der Waals surface area contributed by atoms with Crippen molar-refractivity contribution in [2.75, 3.05) is 13.3 Å². The lowest BCUT2D eigenvalue weighted by Crippen LogP contribution is -2.35. The van der Waals surface area contributed by atoms with Crippen molar-refractivity contribution in [2.45, 2.75) is 25.0 Å². The predicted molar refractivity (Wildman–Crippen MR) is 79.0 cm³/mol. The molecule has 0 aromatic heterocycles. The molecule has 7 nitrogen and oxygen atoms in total. The van der Waals surface area contributed by atoms with Crippen molar-refractivity contribution in [3.8, 4) is 5.75 Å². The molecule has 0 spiro atoms. The number of carboxylic acids is 2. The van der Waals surface area contributed by atoms with Gasteiger partial charge < -0.3 is 25.8 Å². The highest BCUT2D eigenvalue weighted by Crippen LogP contribution is 2.19. The first-order chi connectivity index (χ1) is 10.9. The first kappa shape index (κ1) is 18.9. The minimum absolute atomic E-state index is 0.114. The summed E-state index contributed by atoms with van der Waals surface area (Å²) in [7, 11) is 0. The molecule has 0 heterocycles. The predicted octanol–water partition coefficient (Wildman–Crippen LogP) is 0.441. The standard InChI is InChI=1S/C15H20FNO6/c16-7-12(8-18)23-11-3-1-9(2-4-11)5-10(14(19)20)6-13(17)15(21)22/h1-4,10,12-13,18H,5-8,17H2,(H,19,20)(H,21,22)/t10?,12?,13-/m0/s1/i16-1. The second kappa shape index (κ2) is 9.06. The van der Waals surface area contributed by atoms with E-state index in [1.54, 1.807) is 12.1 Å². The number of ether oxygens (including phenoxy) is 1. The van der Waals surface area contributed by atoms with E-state index in [0.717, 1.165) is 0 Å². The number of hydrogen-bond donors (Lipinski definition) is 4. The number of hydrogen-bond acceptors (Lipinski definition) is 5. The molecule has 0 amide bonds. The summed E-state index contributed by atoms with van der Waals surface area (Å²) in [5.41, 5.74) is 6.03. The van der Waals surface area contributed by atoms with Crippen LogP contribution in [0, 0.1) is 5.92 Å². The van der Waals surface area contributed by atoms with Gasteiger partial charge in [0.1, 0.15) is 24.6 Å². The lowest BCUT2D eigenvalue weighted by Gasteiger charge is -2.16. The van der Waals surface area contributed by atoms with Crippen molar-refractivity contribution in [2.24, 2.45) is 11.7 Å². The van der Waals surface area contributed by atoms with Gasteiger partial charge >= 0.3 is 11.9 Å². The Hall–Kier alpha value is -2.19. The van der Waals surface area contributed by atoms with Crippen molar-refractivity contribution in [3.05, 3.63) is 29.8 Å².